The molecule has 1 heterocycles. The zero-order valence-electron chi connectivity index (χ0n) is 16.6. The van der Waals surface area contributed by atoms with Gasteiger partial charge in [-0.05, 0) is 35.9 Å². The number of nitrogen functional groups attached to an aromatic ring is 1. The molecule has 0 saturated carbocycles. The van der Waals surface area contributed by atoms with Gasteiger partial charge in [0.25, 0.3) is 11.8 Å². The molecule has 11 heteroatoms. The Balaban J connectivity index is 1.81. The monoisotopic (exact) mass is 469 g/mol. The van der Waals surface area contributed by atoms with Crippen LogP contribution in [-0.2, 0) is 26.0 Å². The molecule has 0 radical (unpaired) electrons. The van der Waals surface area contributed by atoms with Crippen molar-refractivity contribution >= 4 is 44.6 Å². The maximum Gasteiger partial charge on any atom is 0.268 e. The summed E-state index contributed by atoms with van der Waals surface area (Å²) in [7, 11) is -3.64. The van der Waals surface area contributed by atoms with Crippen LogP contribution in [0.5, 0.6) is 0 Å². The average Bonchev–Trinajstić information content (AvgIpc) is 3.01. The van der Waals surface area contributed by atoms with E-state index in [1.165, 1.54) is 37.3 Å². The number of aliphatic hydroxyl groups is 1. The van der Waals surface area contributed by atoms with Crippen molar-refractivity contribution in [2.45, 2.75) is 30.4 Å². The normalized spacial score (nSPS) is 19.0. The van der Waals surface area contributed by atoms with E-state index in [0.29, 0.717) is 5.56 Å². The largest absolute Gasteiger partial charge is 0.396 e. The predicted molar refractivity (Wildman–Crippen MR) is 114 cm³/mol. The number of hydrogen-bond donors (Lipinski definition) is 3. The standard InChI is InChI=1S/C20H21ClFN3O5S/c1-2-31(29,30)16-5-3-4-15(17(16)23)25-7-6-20(28,19(25)27)18(26)24-11-12-8-13(21)10-14(22)9-12/h3-5,8-10,28H,2,6-7,11,23H2,1H3,(H,24,26)/t20-/m0/s1. The van der Waals surface area contributed by atoms with Gasteiger partial charge in [0.15, 0.2) is 9.84 Å². The van der Waals surface area contributed by atoms with E-state index in [1.54, 1.807) is 0 Å². The summed E-state index contributed by atoms with van der Waals surface area (Å²) >= 11 is 5.78. The third kappa shape index (κ3) is 4.36. The van der Waals surface area contributed by atoms with Gasteiger partial charge < -0.3 is 21.1 Å². The van der Waals surface area contributed by atoms with E-state index < -0.39 is 33.1 Å². The molecule has 1 fully saturated rings. The number of carbonyl (C=O) groups is 2. The Labute approximate surface area is 183 Å². The maximum atomic E-state index is 13.4. The van der Waals surface area contributed by atoms with Gasteiger partial charge in [-0.25, -0.2) is 12.8 Å². The second-order valence-electron chi connectivity index (χ2n) is 7.12. The first-order valence-corrected chi connectivity index (χ1v) is 11.4. The molecular formula is C20H21ClFN3O5S. The van der Waals surface area contributed by atoms with E-state index in [4.69, 9.17) is 17.3 Å². The molecule has 1 aliphatic rings. The van der Waals surface area contributed by atoms with Gasteiger partial charge in [0.1, 0.15) is 5.82 Å². The SMILES string of the molecule is CCS(=O)(=O)c1cccc(N2CC[C@](O)(C(=O)NCc3cc(F)cc(Cl)c3)C2=O)c1N. The topological polar surface area (TPSA) is 130 Å². The fourth-order valence-electron chi connectivity index (χ4n) is 3.38. The number of benzene rings is 2. The van der Waals surface area contributed by atoms with E-state index in [-0.39, 0.29) is 46.6 Å². The van der Waals surface area contributed by atoms with Crippen LogP contribution >= 0.6 is 11.6 Å². The minimum atomic E-state index is -3.64. The third-order valence-electron chi connectivity index (χ3n) is 5.10. The van der Waals surface area contributed by atoms with Crippen molar-refractivity contribution in [3.8, 4) is 0 Å². The summed E-state index contributed by atoms with van der Waals surface area (Å²) < 4.78 is 37.9. The van der Waals surface area contributed by atoms with Crippen LogP contribution in [0.25, 0.3) is 0 Å². The van der Waals surface area contributed by atoms with E-state index in [1.807, 2.05) is 0 Å². The molecule has 31 heavy (non-hydrogen) atoms. The highest BCUT2D eigenvalue weighted by Crippen LogP contribution is 2.35. The van der Waals surface area contributed by atoms with Crippen molar-refractivity contribution < 1.29 is 27.5 Å². The number of carbonyl (C=O) groups excluding carboxylic acids is 2. The first-order valence-electron chi connectivity index (χ1n) is 9.38. The van der Waals surface area contributed by atoms with Crippen LogP contribution in [0.4, 0.5) is 15.8 Å². The molecule has 2 aromatic carbocycles. The zero-order valence-corrected chi connectivity index (χ0v) is 18.1. The minimum absolute atomic E-state index is 0.0472. The second-order valence-corrected chi connectivity index (χ2v) is 9.80. The van der Waals surface area contributed by atoms with Crippen LogP contribution in [0.3, 0.4) is 0 Å². The molecule has 1 atom stereocenters. The molecule has 2 amide bonds. The maximum absolute atomic E-state index is 13.4. The lowest BCUT2D eigenvalue weighted by Gasteiger charge is -2.23. The van der Waals surface area contributed by atoms with Crippen molar-refractivity contribution in [3.05, 3.63) is 52.8 Å². The lowest BCUT2D eigenvalue weighted by molar-refractivity contribution is -0.149. The van der Waals surface area contributed by atoms with E-state index in [9.17, 15) is 27.5 Å². The van der Waals surface area contributed by atoms with E-state index in [2.05, 4.69) is 5.32 Å². The molecule has 8 nitrogen and oxygen atoms in total. The molecule has 1 aliphatic heterocycles. The van der Waals surface area contributed by atoms with Gasteiger partial charge in [0.05, 0.1) is 22.0 Å². The van der Waals surface area contributed by atoms with Gasteiger partial charge in [-0.1, -0.05) is 24.6 Å². The van der Waals surface area contributed by atoms with E-state index in [0.717, 1.165) is 11.0 Å². The van der Waals surface area contributed by atoms with Gasteiger partial charge in [0, 0.05) is 24.5 Å². The highest BCUT2D eigenvalue weighted by atomic mass is 35.5. The van der Waals surface area contributed by atoms with Gasteiger partial charge >= 0.3 is 0 Å². The Bertz CT molecular complexity index is 1140. The Morgan fingerprint density at radius 1 is 1.35 bits per heavy atom. The van der Waals surface area contributed by atoms with Crippen LogP contribution in [0.2, 0.25) is 5.02 Å². The molecule has 166 valence electrons. The number of rotatable bonds is 6. The summed E-state index contributed by atoms with van der Waals surface area (Å²) in [5.74, 6) is -2.65. The summed E-state index contributed by atoms with van der Waals surface area (Å²) in [6.07, 6.45) is -0.230. The summed E-state index contributed by atoms with van der Waals surface area (Å²) in [5.41, 5.74) is 3.96. The lowest BCUT2D eigenvalue weighted by atomic mass is 10.0. The van der Waals surface area contributed by atoms with Gasteiger partial charge in [-0.15, -0.1) is 0 Å². The first-order chi connectivity index (χ1) is 14.5. The number of para-hydroxylation sites is 1. The smallest absolute Gasteiger partial charge is 0.268 e. The van der Waals surface area contributed by atoms with Crippen molar-refractivity contribution in [2.75, 3.05) is 22.9 Å². The van der Waals surface area contributed by atoms with Crippen molar-refractivity contribution in [1.29, 1.82) is 0 Å². The molecule has 1 saturated heterocycles. The quantitative estimate of drug-likeness (QED) is 0.435. The summed E-state index contributed by atoms with van der Waals surface area (Å²) in [6, 6.07) is 7.93. The van der Waals surface area contributed by atoms with Crippen molar-refractivity contribution in [1.82, 2.24) is 5.32 Å². The molecule has 0 bridgehead atoms. The number of hydrogen-bond acceptors (Lipinski definition) is 6. The van der Waals surface area contributed by atoms with Crippen LogP contribution in [0, 0.1) is 5.82 Å². The fraction of sp³-hybridized carbons (Fsp3) is 0.300. The average molecular weight is 470 g/mol. The molecule has 2 aromatic rings. The summed E-state index contributed by atoms with van der Waals surface area (Å²) in [4.78, 5) is 26.5. The number of nitrogens with one attached hydrogen (secondary N) is 1. The Morgan fingerprint density at radius 3 is 2.71 bits per heavy atom. The predicted octanol–water partition coefficient (Wildman–Crippen LogP) is 1.64. The van der Waals surface area contributed by atoms with Gasteiger partial charge in [-0.3, -0.25) is 9.59 Å². The Kier molecular flexibility index (Phi) is 6.26. The Hall–Kier alpha value is -2.69. The fourth-order valence-corrected chi connectivity index (χ4v) is 4.66. The van der Waals surface area contributed by atoms with Crippen LogP contribution < -0.4 is 16.0 Å². The minimum Gasteiger partial charge on any atom is -0.396 e. The van der Waals surface area contributed by atoms with Gasteiger partial charge in [-0.2, -0.15) is 0 Å². The first kappa shape index (κ1) is 23.0. The molecule has 0 aromatic heterocycles. The molecule has 4 N–H and O–H groups in total. The number of nitrogens with zero attached hydrogens (tertiary/aromatic N) is 1. The number of amides is 2. The summed E-state index contributed by atoms with van der Waals surface area (Å²) in [5, 5.41) is 13.3. The van der Waals surface area contributed by atoms with Crippen LogP contribution in [-0.4, -0.2) is 43.2 Å². The highest BCUT2D eigenvalue weighted by molar-refractivity contribution is 7.91. The Morgan fingerprint density at radius 2 is 2.06 bits per heavy atom. The van der Waals surface area contributed by atoms with Crippen molar-refractivity contribution in [3.63, 3.8) is 0 Å². The van der Waals surface area contributed by atoms with E-state index >= 15 is 0 Å². The third-order valence-corrected chi connectivity index (χ3v) is 7.10. The number of sulfone groups is 1. The van der Waals surface area contributed by atoms with Gasteiger partial charge in [0.2, 0.25) is 5.60 Å². The zero-order chi connectivity index (χ0) is 23.0. The molecule has 0 spiro atoms. The number of nitrogens with two attached hydrogens (primary N) is 1. The van der Waals surface area contributed by atoms with Crippen LogP contribution in [0.15, 0.2) is 41.3 Å². The second kappa shape index (κ2) is 8.45. The number of anilines is 2. The molecule has 0 unspecified atom stereocenters. The molecule has 3 rings (SSSR count). The van der Waals surface area contributed by atoms with Crippen LogP contribution in [0.1, 0.15) is 18.9 Å². The van der Waals surface area contributed by atoms with Crippen molar-refractivity contribution in [2.24, 2.45) is 0 Å². The molecule has 0 aliphatic carbocycles. The number of halogens is 2. The lowest BCUT2D eigenvalue weighted by Crippen LogP contribution is -2.52. The molecular weight excluding hydrogens is 449 g/mol. The summed E-state index contributed by atoms with van der Waals surface area (Å²) in [6.45, 7) is 1.27. The highest BCUT2D eigenvalue weighted by Gasteiger charge is 2.52.